The molecule has 0 saturated heterocycles. The van der Waals surface area contributed by atoms with Gasteiger partial charge in [0.15, 0.2) is 11.5 Å². The summed E-state index contributed by atoms with van der Waals surface area (Å²) in [6.45, 7) is 0.419. The molecule has 4 aromatic heterocycles. The van der Waals surface area contributed by atoms with Crippen molar-refractivity contribution in [3.63, 3.8) is 0 Å². The molecular weight excluding hydrogens is 687 g/mol. The Bertz CT molecular complexity index is 2530. The van der Waals surface area contributed by atoms with Crippen LogP contribution in [-0.4, -0.2) is 55.5 Å². The van der Waals surface area contributed by atoms with Crippen LogP contribution in [0, 0.1) is 11.8 Å². The molecule has 1 fully saturated rings. The highest BCUT2D eigenvalue weighted by molar-refractivity contribution is 7.90. The second-order valence-electron chi connectivity index (χ2n) is 11.9. The van der Waals surface area contributed by atoms with E-state index in [0.29, 0.717) is 35.2 Å². The van der Waals surface area contributed by atoms with E-state index < -0.39 is 40.4 Å². The predicted octanol–water partition coefficient (Wildman–Crippen LogP) is 4.09. The molecule has 1 saturated carbocycles. The number of pyridine rings is 1. The number of fused-ring (bicyclic) bond motifs is 2. The number of anilines is 1. The summed E-state index contributed by atoms with van der Waals surface area (Å²) in [4.78, 5) is 32.6. The van der Waals surface area contributed by atoms with E-state index in [1.54, 1.807) is 67.6 Å². The summed E-state index contributed by atoms with van der Waals surface area (Å²) in [5.41, 5.74) is 1.00. The molecule has 13 nitrogen and oxygen atoms in total. The summed E-state index contributed by atoms with van der Waals surface area (Å²) < 4.78 is 72.4. The molecule has 51 heavy (non-hydrogen) atoms. The van der Waals surface area contributed by atoms with Crippen LogP contribution in [0.15, 0.2) is 90.2 Å². The van der Waals surface area contributed by atoms with E-state index in [9.17, 15) is 31.2 Å². The molecule has 0 spiro atoms. The molecule has 1 atom stereocenters. The van der Waals surface area contributed by atoms with Crippen molar-refractivity contribution in [1.29, 1.82) is 0 Å². The summed E-state index contributed by atoms with van der Waals surface area (Å²) >= 11 is 0. The quantitative estimate of drug-likeness (QED) is 0.190. The maximum Gasteiger partial charge on any atom is 0.408 e. The van der Waals surface area contributed by atoms with Gasteiger partial charge in [-0.15, -0.1) is 5.10 Å². The highest BCUT2D eigenvalue weighted by atomic mass is 32.2. The van der Waals surface area contributed by atoms with Gasteiger partial charge in [-0.05, 0) is 55.5 Å². The van der Waals surface area contributed by atoms with Crippen molar-refractivity contribution in [2.75, 3.05) is 4.72 Å². The van der Waals surface area contributed by atoms with Crippen molar-refractivity contribution in [2.24, 2.45) is 0 Å². The van der Waals surface area contributed by atoms with Crippen LogP contribution in [0.1, 0.15) is 53.0 Å². The van der Waals surface area contributed by atoms with Gasteiger partial charge in [0.1, 0.15) is 12.1 Å². The van der Waals surface area contributed by atoms with Crippen molar-refractivity contribution < 1.29 is 26.4 Å². The van der Waals surface area contributed by atoms with Gasteiger partial charge in [0.25, 0.3) is 11.5 Å². The number of carbonyl (C=O) groups excluding carboxylic acids is 1. The van der Waals surface area contributed by atoms with E-state index in [2.05, 4.69) is 41.8 Å². The van der Waals surface area contributed by atoms with Gasteiger partial charge in [-0.1, -0.05) is 42.2 Å². The molecular formula is C34H28F3N9O4S. The molecule has 1 amide bonds. The van der Waals surface area contributed by atoms with Gasteiger partial charge in [-0.25, -0.2) is 9.50 Å². The molecule has 7 rings (SSSR count). The van der Waals surface area contributed by atoms with E-state index in [1.165, 1.54) is 33.9 Å². The SMILES string of the molecule is CC(NC(=O)c1c(NS(=O)(=O)NC2CC2)nn2cccnc12)c1cc2cccc(C#Cc3cnn(CC(F)(F)F)c3)c2c(=O)n1-c1ccccc1. The Kier molecular flexibility index (Phi) is 8.57. The van der Waals surface area contributed by atoms with Gasteiger partial charge >= 0.3 is 16.4 Å². The number of amides is 1. The third-order valence-corrected chi connectivity index (χ3v) is 9.06. The molecule has 1 aliphatic rings. The monoisotopic (exact) mass is 715 g/mol. The number of hydrogen-bond donors (Lipinski definition) is 3. The smallest absolute Gasteiger partial charge is 0.344 e. The molecule has 17 heteroatoms. The number of carbonyl (C=O) groups is 1. The zero-order valence-corrected chi connectivity index (χ0v) is 27.5. The average Bonchev–Trinajstić information content (AvgIpc) is 3.64. The zero-order valence-electron chi connectivity index (χ0n) is 26.7. The van der Waals surface area contributed by atoms with Crippen LogP contribution in [0.25, 0.3) is 22.1 Å². The minimum Gasteiger partial charge on any atom is -0.344 e. The second kappa shape index (κ2) is 13.0. The summed E-state index contributed by atoms with van der Waals surface area (Å²) in [5.74, 6) is 4.79. The lowest BCUT2D eigenvalue weighted by molar-refractivity contribution is -0.142. The summed E-state index contributed by atoms with van der Waals surface area (Å²) in [6.07, 6.45) is 2.34. The third kappa shape index (κ3) is 7.32. The van der Waals surface area contributed by atoms with Gasteiger partial charge < -0.3 is 5.32 Å². The fraction of sp³-hybridized carbons (Fsp3) is 0.206. The number of nitrogens with zero attached hydrogens (tertiary/aromatic N) is 6. The molecule has 3 N–H and O–H groups in total. The van der Waals surface area contributed by atoms with Gasteiger partial charge in [0.05, 0.1) is 23.2 Å². The first-order chi connectivity index (χ1) is 24.3. The molecule has 2 aromatic carbocycles. The molecule has 0 radical (unpaired) electrons. The van der Waals surface area contributed by atoms with Crippen molar-refractivity contribution in [3.8, 4) is 17.5 Å². The Morgan fingerprint density at radius 3 is 2.61 bits per heavy atom. The van der Waals surface area contributed by atoms with Crippen LogP contribution in [0.2, 0.25) is 0 Å². The van der Waals surface area contributed by atoms with E-state index in [4.69, 9.17) is 0 Å². The standard InChI is InChI=1S/C34H28F3N9O4S/c1-21(40-32(47)29-30(41-45-16-6-15-38-31(29)45)43-51(49,50)42-25-13-14-25)27-17-24-8-5-7-23(12-11-22-18-39-44(19-22)20-34(35,36)37)28(24)33(48)46(27)26-9-3-2-4-10-26/h2-10,15-19,21,25,42H,13-14,20H2,1H3,(H,40,47)(H,41,43). The fourth-order valence-corrected chi connectivity index (χ4v) is 6.70. The predicted molar refractivity (Wildman–Crippen MR) is 181 cm³/mol. The Morgan fingerprint density at radius 2 is 1.86 bits per heavy atom. The van der Waals surface area contributed by atoms with E-state index >= 15 is 0 Å². The van der Waals surface area contributed by atoms with Crippen molar-refractivity contribution in [3.05, 3.63) is 118 Å². The van der Waals surface area contributed by atoms with Crippen molar-refractivity contribution in [1.82, 2.24) is 39.0 Å². The average molecular weight is 716 g/mol. The van der Waals surface area contributed by atoms with Gasteiger partial charge in [-0.2, -0.15) is 31.4 Å². The van der Waals surface area contributed by atoms with Crippen LogP contribution >= 0.6 is 0 Å². The summed E-state index contributed by atoms with van der Waals surface area (Å²) in [6, 6.07) is 16.1. The number of hydrogen-bond acceptors (Lipinski definition) is 7. The van der Waals surface area contributed by atoms with E-state index in [-0.39, 0.29) is 34.0 Å². The van der Waals surface area contributed by atoms with Crippen LogP contribution in [0.4, 0.5) is 19.0 Å². The number of nitrogens with one attached hydrogen (secondary N) is 3. The molecule has 260 valence electrons. The first-order valence-electron chi connectivity index (χ1n) is 15.6. The van der Waals surface area contributed by atoms with Crippen LogP contribution < -0.4 is 20.3 Å². The maximum atomic E-state index is 14.4. The van der Waals surface area contributed by atoms with E-state index in [0.717, 1.165) is 4.68 Å². The fourth-order valence-electron chi connectivity index (χ4n) is 5.57. The lowest BCUT2D eigenvalue weighted by Gasteiger charge is -2.21. The third-order valence-electron chi connectivity index (χ3n) is 7.95. The first-order valence-corrected chi connectivity index (χ1v) is 17.1. The highest BCUT2D eigenvalue weighted by Crippen LogP contribution is 2.26. The number of para-hydroxylation sites is 1. The van der Waals surface area contributed by atoms with Gasteiger partial charge in [0, 0.05) is 41.6 Å². The second-order valence-corrected chi connectivity index (χ2v) is 13.4. The Hall–Kier alpha value is -5.99. The number of alkyl halides is 3. The number of halogens is 3. The maximum absolute atomic E-state index is 14.4. The lowest BCUT2D eigenvalue weighted by Crippen LogP contribution is -2.34. The Labute approximate surface area is 288 Å². The van der Waals surface area contributed by atoms with E-state index in [1.807, 2.05) is 0 Å². The lowest BCUT2D eigenvalue weighted by atomic mass is 10.0. The summed E-state index contributed by atoms with van der Waals surface area (Å²) in [7, 11) is -4.05. The van der Waals surface area contributed by atoms with Crippen molar-refractivity contribution in [2.45, 2.75) is 44.6 Å². The van der Waals surface area contributed by atoms with Gasteiger partial charge in [-0.3, -0.25) is 23.6 Å². The normalized spacial score (nSPS) is 13.9. The largest absolute Gasteiger partial charge is 0.408 e. The van der Waals surface area contributed by atoms with Crippen LogP contribution in [-0.2, 0) is 16.8 Å². The molecule has 0 aliphatic heterocycles. The molecule has 0 bridgehead atoms. The molecule has 4 heterocycles. The number of rotatable bonds is 9. The minimum absolute atomic E-state index is 0.109. The zero-order chi connectivity index (χ0) is 35.9. The topological polar surface area (TPSA) is 157 Å². The number of benzene rings is 2. The van der Waals surface area contributed by atoms with Crippen LogP contribution in [0.3, 0.4) is 0 Å². The van der Waals surface area contributed by atoms with Crippen molar-refractivity contribution >= 4 is 38.4 Å². The van der Waals surface area contributed by atoms with Crippen LogP contribution in [0.5, 0.6) is 0 Å². The summed E-state index contributed by atoms with van der Waals surface area (Å²) in [5, 5.41) is 11.6. The Balaban J connectivity index is 1.27. The molecule has 1 aliphatic carbocycles. The highest BCUT2D eigenvalue weighted by Gasteiger charge is 2.31. The Morgan fingerprint density at radius 1 is 1.08 bits per heavy atom. The molecule has 1 unspecified atom stereocenters. The first kappa shape index (κ1) is 33.5. The molecule has 6 aromatic rings. The number of aromatic nitrogens is 6. The van der Waals surface area contributed by atoms with Gasteiger partial charge in [0.2, 0.25) is 0 Å². The minimum atomic E-state index is -4.44.